The number of benzene rings is 1. The highest BCUT2D eigenvalue weighted by atomic mass is 16.4. The van der Waals surface area contributed by atoms with Crippen LogP contribution in [0.1, 0.15) is 43.6 Å². The summed E-state index contributed by atoms with van der Waals surface area (Å²) in [6, 6.07) is 12.9. The highest BCUT2D eigenvalue weighted by Crippen LogP contribution is 2.37. The Morgan fingerprint density at radius 2 is 1.52 bits per heavy atom. The molecule has 3 rings (SSSR count). The lowest BCUT2D eigenvalue weighted by Gasteiger charge is -2.31. The van der Waals surface area contributed by atoms with Gasteiger partial charge in [-0.05, 0) is 51.0 Å². The van der Waals surface area contributed by atoms with E-state index in [1.54, 1.807) is 12.1 Å². The smallest absolute Gasteiger partial charge is 0.319 e. The SMILES string of the molecule is Cc1ccc(C)o1.O=C(O)C1(C(=O)Nc2ccccc2)CCCCC1. The summed E-state index contributed by atoms with van der Waals surface area (Å²) in [6.07, 6.45) is 3.47. The molecular weight excluding hydrogens is 318 g/mol. The highest BCUT2D eigenvalue weighted by Gasteiger charge is 2.46. The van der Waals surface area contributed by atoms with Crippen molar-refractivity contribution in [2.75, 3.05) is 5.32 Å². The average molecular weight is 343 g/mol. The molecule has 1 aromatic heterocycles. The minimum absolute atomic E-state index is 0.388. The summed E-state index contributed by atoms with van der Waals surface area (Å²) in [5.41, 5.74) is -0.595. The van der Waals surface area contributed by atoms with E-state index in [0.717, 1.165) is 30.8 Å². The molecule has 0 aliphatic heterocycles. The number of carboxylic acid groups (broad SMARTS) is 1. The molecule has 2 aromatic rings. The van der Waals surface area contributed by atoms with Crippen LogP contribution in [0, 0.1) is 19.3 Å². The number of aliphatic carboxylic acids is 1. The van der Waals surface area contributed by atoms with Gasteiger partial charge in [0.25, 0.3) is 0 Å². The zero-order valence-electron chi connectivity index (χ0n) is 14.7. The minimum Gasteiger partial charge on any atom is -0.480 e. The minimum atomic E-state index is -1.24. The van der Waals surface area contributed by atoms with Gasteiger partial charge in [0.05, 0.1) is 0 Å². The summed E-state index contributed by atoms with van der Waals surface area (Å²) in [7, 11) is 0. The third kappa shape index (κ3) is 4.95. The lowest BCUT2D eigenvalue weighted by molar-refractivity contribution is -0.156. The monoisotopic (exact) mass is 343 g/mol. The molecule has 0 atom stereocenters. The maximum absolute atomic E-state index is 12.2. The molecule has 1 amide bonds. The number of amides is 1. The lowest BCUT2D eigenvalue weighted by Crippen LogP contribution is -2.44. The van der Waals surface area contributed by atoms with Crippen LogP contribution in [0.2, 0.25) is 0 Å². The first-order valence-corrected chi connectivity index (χ1v) is 8.57. The summed E-state index contributed by atoms with van der Waals surface area (Å²) >= 11 is 0. The zero-order chi connectivity index (χ0) is 18.3. The Balaban J connectivity index is 0.000000269. The summed E-state index contributed by atoms with van der Waals surface area (Å²) in [5, 5.41) is 12.1. The Kier molecular flexibility index (Phi) is 6.39. The van der Waals surface area contributed by atoms with Crippen molar-refractivity contribution < 1.29 is 19.1 Å². The molecule has 0 spiro atoms. The first-order chi connectivity index (χ1) is 11.9. The van der Waals surface area contributed by atoms with E-state index in [1.807, 2.05) is 44.2 Å². The van der Waals surface area contributed by atoms with Crippen LogP contribution in [0.25, 0.3) is 0 Å². The second-order valence-corrected chi connectivity index (χ2v) is 6.42. The number of hydrogen-bond donors (Lipinski definition) is 2. The van der Waals surface area contributed by atoms with Crippen LogP contribution < -0.4 is 5.32 Å². The molecule has 1 saturated carbocycles. The molecule has 1 aliphatic rings. The number of aryl methyl sites for hydroxylation is 2. The van der Waals surface area contributed by atoms with Crippen molar-refractivity contribution in [2.24, 2.45) is 5.41 Å². The highest BCUT2D eigenvalue weighted by molar-refractivity contribution is 6.08. The Hall–Kier alpha value is -2.56. The van der Waals surface area contributed by atoms with Crippen molar-refractivity contribution in [1.82, 2.24) is 0 Å². The fraction of sp³-hybridized carbons (Fsp3) is 0.400. The standard InChI is InChI=1S/C14H17NO3.C6H8O/c16-12(15-11-7-3-1-4-8-11)14(13(17)18)9-5-2-6-10-14;1-5-3-4-6(2)7-5/h1,3-4,7-8H,2,5-6,9-10H2,(H,15,16)(H,17,18);3-4H,1-2H3. The van der Waals surface area contributed by atoms with E-state index in [1.165, 1.54) is 0 Å². The van der Waals surface area contributed by atoms with Crippen molar-refractivity contribution in [2.45, 2.75) is 46.0 Å². The van der Waals surface area contributed by atoms with Gasteiger partial charge in [-0.3, -0.25) is 9.59 Å². The number of para-hydroxylation sites is 1. The molecule has 2 N–H and O–H groups in total. The first-order valence-electron chi connectivity index (χ1n) is 8.57. The third-order valence-electron chi connectivity index (χ3n) is 4.46. The van der Waals surface area contributed by atoms with Crippen LogP contribution in [0.15, 0.2) is 46.9 Å². The van der Waals surface area contributed by atoms with E-state index in [9.17, 15) is 14.7 Å². The second kappa shape index (κ2) is 8.51. The van der Waals surface area contributed by atoms with Gasteiger partial charge in [0.2, 0.25) is 5.91 Å². The number of rotatable bonds is 3. The molecule has 5 heteroatoms. The van der Waals surface area contributed by atoms with Gasteiger partial charge in [0, 0.05) is 5.69 Å². The topological polar surface area (TPSA) is 79.5 Å². The van der Waals surface area contributed by atoms with Crippen molar-refractivity contribution in [3.8, 4) is 0 Å². The predicted molar refractivity (Wildman–Crippen MR) is 96.4 cm³/mol. The number of carboxylic acids is 1. The van der Waals surface area contributed by atoms with Crippen LogP contribution in [0.3, 0.4) is 0 Å². The molecule has 0 bridgehead atoms. The van der Waals surface area contributed by atoms with E-state index in [-0.39, 0.29) is 5.91 Å². The number of nitrogens with one attached hydrogen (secondary N) is 1. The summed E-state index contributed by atoms with van der Waals surface area (Å²) in [5.74, 6) is 0.575. The number of anilines is 1. The van der Waals surface area contributed by atoms with E-state index >= 15 is 0 Å². The van der Waals surface area contributed by atoms with Crippen LogP contribution in [0.4, 0.5) is 5.69 Å². The Morgan fingerprint density at radius 3 is 1.96 bits per heavy atom. The van der Waals surface area contributed by atoms with Crippen LogP contribution >= 0.6 is 0 Å². The molecule has 1 aliphatic carbocycles. The summed E-state index contributed by atoms with van der Waals surface area (Å²) in [4.78, 5) is 23.7. The van der Waals surface area contributed by atoms with Gasteiger partial charge in [-0.1, -0.05) is 37.5 Å². The first kappa shape index (κ1) is 18.8. The van der Waals surface area contributed by atoms with E-state index < -0.39 is 11.4 Å². The number of furan rings is 1. The van der Waals surface area contributed by atoms with E-state index in [2.05, 4.69) is 5.32 Å². The Labute approximate surface area is 148 Å². The molecule has 1 aromatic carbocycles. The van der Waals surface area contributed by atoms with Gasteiger partial charge in [-0.2, -0.15) is 0 Å². The number of carbonyl (C=O) groups is 2. The molecular formula is C20H25NO4. The number of carbonyl (C=O) groups excluding carboxylic acids is 1. The van der Waals surface area contributed by atoms with Gasteiger partial charge in [-0.25, -0.2) is 0 Å². The maximum Gasteiger partial charge on any atom is 0.319 e. The zero-order valence-corrected chi connectivity index (χ0v) is 14.7. The Morgan fingerprint density at radius 1 is 0.960 bits per heavy atom. The molecule has 5 nitrogen and oxygen atoms in total. The third-order valence-corrected chi connectivity index (χ3v) is 4.46. The van der Waals surface area contributed by atoms with E-state index in [4.69, 9.17) is 4.42 Å². The molecule has 0 saturated heterocycles. The fourth-order valence-electron chi connectivity index (χ4n) is 3.02. The second-order valence-electron chi connectivity index (χ2n) is 6.42. The van der Waals surface area contributed by atoms with Crippen LogP contribution in [-0.4, -0.2) is 17.0 Å². The van der Waals surface area contributed by atoms with Crippen LogP contribution in [-0.2, 0) is 9.59 Å². The number of hydrogen-bond acceptors (Lipinski definition) is 3. The van der Waals surface area contributed by atoms with Gasteiger partial charge in [0.15, 0.2) is 0 Å². The van der Waals surface area contributed by atoms with Crippen LogP contribution in [0.5, 0.6) is 0 Å². The van der Waals surface area contributed by atoms with Crippen molar-refractivity contribution in [3.63, 3.8) is 0 Å². The van der Waals surface area contributed by atoms with Gasteiger partial charge in [0.1, 0.15) is 16.9 Å². The molecule has 0 radical (unpaired) electrons. The molecule has 25 heavy (non-hydrogen) atoms. The van der Waals surface area contributed by atoms with E-state index in [0.29, 0.717) is 18.5 Å². The van der Waals surface area contributed by atoms with Crippen molar-refractivity contribution in [1.29, 1.82) is 0 Å². The Bertz CT molecular complexity index is 683. The van der Waals surface area contributed by atoms with Crippen molar-refractivity contribution in [3.05, 3.63) is 54.0 Å². The molecule has 0 unspecified atom stereocenters. The fourth-order valence-corrected chi connectivity index (χ4v) is 3.02. The lowest BCUT2D eigenvalue weighted by atomic mass is 9.73. The summed E-state index contributed by atoms with van der Waals surface area (Å²) < 4.78 is 5.08. The average Bonchev–Trinajstić information content (AvgIpc) is 2.99. The summed E-state index contributed by atoms with van der Waals surface area (Å²) in [6.45, 7) is 3.88. The molecule has 1 fully saturated rings. The normalized spacial score (nSPS) is 15.6. The molecule has 134 valence electrons. The quantitative estimate of drug-likeness (QED) is 0.801. The predicted octanol–water partition coefficient (Wildman–Crippen LogP) is 4.56. The van der Waals surface area contributed by atoms with Gasteiger partial charge < -0.3 is 14.8 Å². The molecule has 1 heterocycles. The largest absolute Gasteiger partial charge is 0.480 e. The van der Waals surface area contributed by atoms with Crippen molar-refractivity contribution >= 4 is 17.6 Å². The maximum atomic E-state index is 12.2. The van der Waals surface area contributed by atoms with Gasteiger partial charge in [-0.15, -0.1) is 0 Å². The van der Waals surface area contributed by atoms with Gasteiger partial charge >= 0.3 is 5.97 Å².